The van der Waals surface area contributed by atoms with E-state index < -0.39 is 0 Å². The predicted molar refractivity (Wildman–Crippen MR) is 59.2 cm³/mol. The van der Waals surface area contributed by atoms with Crippen LogP contribution in [0.25, 0.3) is 10.9 Å². The average Bonchev–Trinajstić information content (AvgIpc) is 2.28. The molecule has 0 aliphatic heterocycles. The van der Waals surface area contributed by atoms with Gasteiger partial charge in [0, 0.05) is 11.5 Å². The highest BCUT2D eigenvalue weighted by atomic mass is 35.5. The molecule has 0 atom stereocenters. The van der Waals surface area contributed by atoms with Crippen LogP contribution in [0.4, 0.5) is 0 Å². The Morgan fingerprint density at radius 3 is 2.87 bits per heavy atom. The minimum Gasteiger partial charge on any atom is -0.497 e. The van der Waals surface area contributed by atoms with Gasteiger partial charge in [-0.3, -0.25) is 4.98 Å². The number of rotatable bonds is 2. The summed E-state index contributed by atoms with van der Waals surface area (Å²) >= 11 is 6.04. The van der Waals surface area contributed by atoms with Crippen LogP contribution < -0.4 is 4.74 Å². The van der Waals surface area contributed by atoms with Crippen LogP contribution in [0.2, 0.25) is 5.02 Å². The Balaban J connectivity index is 2.69. The summed E-state index contributed by atoms with van der Waals surface area (Å²) in [6.45, 7) is -0.118. The van der Waals surface area contributed by atoms with Crippen LogP contribution in [0, 0.1) is 0 Å². The molecule has 0 aliphatic rings. The van der Waals surface area contributed by atoms with Gasteiger partial charge < -0.3 is 9.84 Å². The molecule has 0 radical (unpaired) electrons. The molecule has 4 heteroatoms. The summed E-state index contributed by atoms with van der Waals surface area (Å²) in [4.78, 5) is 4.25. The third kappa shape index (κ3) is 1.89. The zero-order valence-corrected chi connectivity index (χ0v) is 8.95. The standard InChI is InChI=1S/C11H10ClNO2/c1-15-8-2-3-9-10(12)4-7(6-14)13-11(9)5-8/h2-5,14H,6H2,1H3. The van der Waals surface area contributed by atoms with Crippen molar-refractivity contribution in [2.24, 2.45) is 0 Å². The number of fused-ring (bicyclic) bond motifs is 1. The van der Waals surface area contributed by atoms with E-state index in [1.165, 1.54) is 0 Å². The number of pyridine rings is 1. The molecule has 0 spiro atoms. The van der Waals surface area contributed by atoms with Crippen LogP contribution in [-0.4, -0.2) is 17.2 Å². The highest BCUT2D eigenvalue weighted by Crippen LogP contribution is 2.26. The maximum absolute atomic E-state index is 9.00. The summed E-state index contributed by atoms with van der Waals surface area (Å²) in [5.41, 5.74) is 1.28. The molecular formula is C11H10ClNO2. The van der Waals surface area contributed by atoms with E-state index >= 15 is 0 Å². The van der Waals surface area contributed by atoms with Crippen molar-refractivity contribution in [3.8, 4) is 5.75 Å². The first-order chi connectivity index (χ1) is 7.24. The van der Waals surface area contributed by atoms with Crippen molar-refractivity contribution >= 4 is 22.5 Å². The van der Waals surface area contributed by atoms with E-state index in [0.717, 1.165) is 16.7 Å². The molecule has 78 valence electrons. The van der Waals surface area contributed by atoms with E-state index in [-0.39, 0.29) is 6.61 Å². The number of hydrogen-bond donors (Lipinski definition) is 1. The third-order valence-corrected chi connectivity index (χ3v) is 2.49. The Morgan fingerprint density at radius 2 is 2.20 bits per heavy atom. The molecule has 2 rings (SSSR count). The molecule has 1 aromatic carbocycles. The van der Waals surface area contributed by atoms with Gasteiger partial charge in [0.05, 0.1) is 29.9 Å². The fourth-order valence-corrected chi connectivity index (χ4v) is 1.71. The van der Waals surface area contributed by atoms with E-state index in [1.54, 1.807) is 19.2 Å². The molecule has 0 saturated carbocycles. The first kappa shape index (κ1) is 10.2. The van der Waals surface area contributed by atoms with E-state index in [4.69, 9.17) is 21.4 Å². The van der Waals surface area contributed by atoms with E-state index in [9.17, 15) is 0 Å². The number of hydrogen-bond acceptors (Lipinski definition) is 3. The van der Waals surface area contributed by atoms with Crippen molar-refractivity contribution in [1.29, 1.82) is 0 Å². The Morgan fingerprint density at radius 1 is 1.40 bits per heavy atom. The molecule has 0 saturated heterocycles. The monoisotopic (exact) mass is 223 g/mol. The lowest BCUT2D eigenvalue weighted by Gasteiger charge is -2.05. The molecule has 1 heterocycles. The van der Waals surface area contributed by atoms with Gasteiger partial charge in [-0.25, -0.2) is 0 Å². The number of aliphatic hydroxyl groups is 1. The van der Waals surface area contributed by atoms with Gasteiger partial charge >= 0.3 is 0 Å². The van der Waals surface area contributed by atoms with Crippen LogP contribution in [0.5, 0.6) is 5.75 Å². The molecule has 0 fully saturated rings. The Labute approximate surface area is 92.3 Å². The van der Waals surface area contributed by atoms with Gasteiger partial charge in [-0.05, 0) is 18.2 Å². The number of aliphatic hydroxyl groups excluding tert-OH is 1. The number of nitrogens with zero attached hydrogens (tertiary/aromatic N) is 1. The van der Waals surface area contributed by atoms with Crippen molar-refractivity contribution < 1.29 is 9.84 Å². The summed E-state index contributed by atoms with van der Waals surface area (Å²) in [5, 5.41) is 10.4. The smallest absolute Gasteiger partial charge is 0.121 e. The van der Waals surface area contributed by atoms with Crippen LogP contribution in [0.1, 0.15) is 5.69 Å². The van der Waals surface area contributed by atoms with Crippen molar-refractivity contribution in [3.05, 3.63) is 35.0 Å². The van der Waals surface area contributed by atoms with Crippen molar-refractivity contribution in [1.82, 2.24) is 4.98 Å². The minimum atomic E-state index is -0.118. The minimum absolute atomic E-state index is 0.118. The highest BCUT2D eigenvalue weighted by molar-refractivity contribution is 6.35. The second kappa shape index (κ2) is 4.04. The zero-order valence-electron chi connectivity index (χ0n) is 8.20. The van der Waals surface area contributed by atoms with Crippen molar-refractivity contribution in [3.63, 3.8) is 0 Å². The summed E-state index contributed by atoms with van der Waals surface area (Å²) in [7, 11) is 1.60. The second-order valence-corrected chi connectivity index (χ2v) is 3.54. The first-order valence-electron chi connectivity index (χ1n) is 4.48. The summed E-state index contributed by atoms with van der Waals surface area (Å²) < 4.78 is 5.09. The number of methoxy groups -OCH3 is 1. The van der Waals surface area contributed by atoms with Crippen LogP contribution in [-0.2, 0) is 6.61 Å². The van der Waals surface area contributed by atoms with E-state index in [0.29, 0.717) is 10.7 Å². The molecule has 0 bridgehead atoms. The van der Waals surface area contributed by atoms with Crippen molar-refractivity contribution in [2.45, 2.75) is 6.61 Å². The molecule has 0 aliphatic carbocycles. The average molecular weight is 224 g/mol. The lowest BCUT2D eigenvalue weighted by Crippen LogP contribution is -1.91. The normalized spacial score (nSPS) is 10.6. The number of ether oxygens (including phenoxy) is 1. The van der Waals surface area contributed by atoms with Gasteiger partial charge in [0.2, 0.25) is 0 Å². The Kier molecular flexibility index (Phi) is 2.75. The maximum atomic E-state index is 9.00. The number of aromatic nitrogens is 1. The maximum Gasteiger partial charge on any atom is 0.121 e. The molecule has 15 heavy (non-hydrogen) atoms. The largest absolute Gasteiger partial charge is 0.497 e. The van der Waals surface area contributed by atoms with Crippen LogP contribution in [0.3, 0.4) is 0 Å². The van der Waals surface area contributed by atoms with Crippen molar-refractivity contribution in [2.75, 3.05) is 7.11 Å². The van der Waals surface area contributed by atoms with E-state index in [1.807, 2.05) is 12.1 Å². The zero-order chi connectivity index (χ0) is 10.8. The molecule has 0 unspecified atom stereocenters. The van der Waals surface area contributed by atoms with Gasteiger partial charge in [0.1, 0.15) is 5.75 Å². The summed E-state index contributed by atoms with van der Waals surface area (Å²) in [5.74, 6) is 0.723. The summed E-state index contributed by atoms with van der Waals surface area (Å²) in [6.07, 6.45) is 0. The quantitative estimate of drug-likeness (QED) is 0.850. The third-order valence-electron chi connectivity index (χ3n) is 2.18. The SMILES string of the molecule is COc1ccc2c(Cl)cc(CO)nc2c1. The van der Waals surface area contributed by atoms with Crippen LogP contribution >= 0.6 is 11.6 Å². The fourth-order valence-electron chi connectivity index (χ4n) is 1.42. The number of halogens is 1. The topological polar surface area (TPSA) is 42.4 Å². The number of benzene rings is 1. The fraction of sp³-hybridized carbons (Fsp3) is 0.182. The molecule has 1 N–H and O–H groups in total. The van der Waals surface area contributed by atoms with Gasteiger partial charge in [0.15, 0.2) is 0 Å². The van der Waals surface area contributed by atoms with Crippen LogP contribution in [0.15, 0.2) is 24.3 Å². The lowest BCUT2D eigenvalue weighted by atomic mass is 10.2. The molecule has 1 aromatic heterocycles. The molecule has 0 amide bonds. The lowest BCUT2D eigenvalue weighted by molar-refractivity contribution is 0.277. The second-order valence-electron chi connectivity index (χ2n) is 3.14. The van der Waals surface area contributed by atoms with Gasteiger partial charge in [-0.2, -0.15) is 0 Å². The summed E-state index contributed by atoms with van der Waals surface area (Å²) in [6, 6.07) is 7.13. The predicted octanol–water partition coefficient (Wildman–Crippen LogP) is 2.39. The molecular weight excluding hydrogens is 214 g/mol. The first-order valence-corrected chi connectivity index (χ1v) is 4.86. The molecule has 3 nitrogen and oxygen atoms in total. The molecule has 2 aromatic rings. The highest BCUT2D eigenvalue weighted by Gasteiger charge is 2.04. The van der Waals surface area contributed by atoms with E-state index in [2.05, 4.69) is 4.98 Å². The van der Waals surface area contributed by atoms with Gasteiger partial charge in [-0.15, -0.1) is 0 Å². The Bertz CT molecular complexity index is 494. The van der Waals surface area contributed by atoms with Gasteiger partial charge in [0.25, 0.3) is 0 Å². The van der Waals surface area contributed by atoms with Gasteiger partial charge in [-0.1, -0.05) is 11.6 Å². The Hall–Kier alpha value is -1.32.